The quantitative estimate of drug-likeness (QED) is 0.256. The van der Waals surface area contributed by atoms with Crippen molar-refractivity contribution in [3.63, 3.8) is 0 Å². The van der Waals surface area contributed by atoms with Crippen molar-refractivity contribution in [1.29, 1.82) is 0 Å². The van der Waals surface area contributed by atoms with E-state index in [1.807, 2.05) is 49.5 Å². The van der Waals surface area contributed by atoms with Crippen molar-refractivity contribution in [2.24, 2.45) is 0 Å². The average Bonchev–Trinajstić information content (AvgIpc) is 3.24. The number of hydrogen-bond donors (Lipinski definition) is 2. The van der Waals surface area contributed by atoms with Crippen LogP contribution in [-0.4, -0.2) is 59.1 Å². The zero-order chi connectivity index (χ0) is 24.2. The number of nitro benzene ring substituents is 1. The van der Waals surface area contributed by atoms with Crippen LogP contribution >= 0.6 is 11.6 Å². The molecule has 0 saturated carbocycles. The van der Waals surface area contributed by atoms with Crippen molar-refractivity contribution in [2.75, 3.05) is 39.7 Å². The SMILES string of the molecule is COc1cc(OCCN(C)C)c([N+](=O)[O-])cc1Nc1ncc(Cl)c(-c2c[nH]c3ccccc23)n1. The van der Waals surface area contributed by atoms with Gasteiger partial charge in [0.25, 0.3) is 0 Å². The van der Waals surface area contributed by atoms with Crippen LogP contribution in [0.5, 0.6) is 11.5 Å². The monoisotopic (exact) mass is 482 g/mol. The smallest absolute Gasteiger partial charge is 0.313 e. The van der Waals surface area contributed by atoms with E-state index in [2.05, 4.69) is 20.3 Å². The largest absolute Gasteiger partial charge is 0.494 e. The highest BCUT2D eigenvalue weighted by molar-refractivity contribution is 6.33. The number of H-pyrrole nitrogens is 1. The van der Waals surface area contributed by atoms with Crippen LogP contribution in [0.2, 0.25) is 5.02 Å². The van der Waals surface area contributed by atoms with Gasteiger partial charge in [-0.25, -0.2) is 9.97 Å². The number of fused-ring (bicyclic) bond motifs is 1. The normalized spacial score (nSPS) is 11.1. The van der Waals surface area contributed by atoms with Crippen molar-refractivity contribution >= 4 is 39.8 Å². The predicted molar refractivity (Wildman–Crippen MR) is 131 cm³/mol. The summed E-state index contributed by atoms with van der Waals surface area (Å²) in [5, 5.41) is 16.0. The number of aromatic amines is 1. The summed E-state index contributed by atoms with van der Waals surface area (Å²) in [4.78, 5) is 25.1. The lowest BCUT2D eigenvalue weighted by atomic mass is 10.1. The molecule has 0 amide bonds. The molecular weight excluding hydrogens is 460 g/mol. The van der Waals surface area contributed by atoms with Crippen molar-refractivity contribution in [2.45, 2.75) is 0 Å². The molecule has 0 atom stereocenters. The average molecular weight is 483 g/mol. The minimum absolute atomic E-state index is 0.116. The maximum absolute atomic E-state index is 11.7. The molecular formula is C23H23ClN6O4. The number of aromatic nitrogens is 3. The minimum atomic E-state index is -0.504. The number of halogens is 1. The molecule has 0 aliphatic rings. The summed E-state index contributed by atoms with van der Waals surface area (Å²) >= 11 is 6.41. The van der Waals surface area contributed by atoms with E-state index in [0.717, 1.165) is 16.5 Å². The maximum atomic E-state index is 11.7. The summed E-state index contributed by atoms with van der Waals surface area (Å²) < 4.78 is 11.1. The van der Waals surface area contributed by atoms with E-state index in [1.54, 1.807) is 0 Å². The van der Waals surface area contributed by atoms with Gasteiger partial charge in [-0.3, -0.25) is 10.1 Å². The Hall–Kier alpha value is -3.89. The Balaban J connectivity index is 1.69. The highest BCUT2D eigenvalue weighted by Gasteiger charge is 2.22. The Labute approximate surface area is 200 Å². The maximum Gasteiger partial charge on any atom is 0.313 e. The lowest BCUT2D eigenvalue weighted by Gasteiger charge is -2.15. The van der Waals surface area contributed by atoms with Gasteiger partial charge in [0.2, 0.25) is 11.7 Å². The van der Waals surface area contributed by atoms with E-state index in [9.17, 15) is 10.1 Å². The summed E-state index contributed by atoms with van der Waals surface area (Å²) in [5.74, 6) is 0.668. The van der Waals surface area contributed by atoms with Crippen molar-refractivity contribution < 1.29 is 14.4 Å². The van der Waals surface area contributed by atoms with Crippen LogP contribution in [0.3, 0.4) is 0 Å². The molecule has 4 aromatic rings. The fraction of sp³-hybridized carbons (Fsp3) is 0.217. The highest BCUT2D eigenvalue weighted by Crippen LogP contribution is 2.39. The van der Waals surface area contributed by atoms with Gasteiger partial charge in [-0.05, 0) is 20.2 Å². The molecule has 176 valence electrons. The summed E-state index contributed by atoms with van der Waals surface area (Å²) in [6.45, 7) is 0.896. The van der Waals surface area contributed by atoms with Crippen LogP contribution in [0.15, 0.2) is 48.8 Å². The standard InChI is InChI=1S/C23H23ClN6O4/c1-29(2)8-9-34-21-11-20(33-3)18(10-19(21)30(31)32)27-23-26-13-16(24)22(28-23)15-12-25-17-7-5-4-6-14(15)17/h4-7,10-13,25H,8-9H2,1-3H3,(H,26,27,28). The molecule has 0 aliphatic heterocycles. The molecule has 2 aromatic heterocycles. The lowest BCUT2D eigenvalue weighted by Crippen LogP contribution is -2.19. The third kappa shape index (κ3) is 4.87. The van der Waals surface area contributed by atoms with E-state index in [0.29, 0.717) is 28.7 Å². The van der Waals surface area contributed by atoms with Crippen LogP contribution in [0, 0.1) is 10.1 Å². The molecule has 10 nitrogen and oxygen atoms in total. The molecule has 2 N–H and O–H groups in total. The molecule has 0 unspecified atom stereocenters. The molecule has 0 spiro atoms. The topological polar surface area (TPSA) is 118 Å². The summed E-state index contributed by atoms with van der Waals surface area (Å²) in [7, 11) is 5.25. The number of anilines is 2. The Morgan fingerprint density at radius 1 is 1.24 bits per heavy atom. The van der Waals surface area contributed by atoms with E-state index >= 15 is 0 Å². The Morgan fingerprint density at radius 3 is 2.76 bits per heavy atom. The van der Waals surface area contributed by atoms with Crippen molar-refractivity contribution in [1.82, 2.24) is 19.9 Å². The van der Waals surface area contributed by atoms with Gasteiger partial charge in [0, 0.05) is 41.3 Å². The number of likely N-dealkylation sites (N-methyl/N-ethyl adjacent to an activating group) is 1. The van der Waals surface area contributed by atoms with E-state index in [1.165, 1.54) is 25.4 Å². The van der Waals surface area contributed by atoms with Crippen molar-refractivity contribution in [3.8, 4) is 22.8 Å². The number of hydrogen-bond acceptors (Lipinski definition) is 8. The molecule has 34 heavy (non-hydrogen) atoms. The molecule has 0 fully saturated rings. The lowest BCUT2D eigenvalue weighted by molar-refractivity contribution is -0.385. The Kier molecular flexibility index (Phi) is 6.80. The van der Waals surface area contributed by atoms with Gasteiger partial charge in [-0.15, -0.1) is 0 Å². The van der Waals surface area contributed by atoms with Gasteiger partial charge >= 0.3 is 5.69 Å². The second kappa shape index (κ2) is 9.94. The zero-order valence-electron chi connectivity index (χ0n) is 18.8. The van der Waals surface area contributed by atoms with Crippen LogP contribution in [-0.2, 0) is 0 Å². The van der Waals surface area contributed by atoms with Crippen LogP contribution in [0.1, 0.15) is 0 Å². The van der Waals surface area contributed by atoms with Crippen LogP contribution < -0.4 is 14.8 Å². The molecule has 0 saturated heterocycles. The predicted octanol–water partition coefficient (Wildman–Crippen LogP) is 4.88. The molecule has 11 heteroatoms. The third-order valence-corrected chi connectivity index (χ3v) is 5.39. The number of para-hydroxylation sites is 1. The second-order valence-corrected chi connectivity index (χ2v) is 8.10. The van der Waals surface area contributed by atoms with E-state index in [4.69, 9.17) is 21.1 Å². The van der Waals surface area contributed by atoms with Crippen LogP contribution in [0.25, 0.3) is 22.2 Å². The van der Waals surface area contributed by atoms with Gasteiger partial charge < -0.3 is 24.7 Å². The van der Waals surface area contributed by atoms with E-state index in [-0.39, 0.29) is 24.0 Å². The second-order valence-electron chi connectivity index (χ2n) is 7.69. The molecule has 2 aromatic carbocycles. The zero-order valence-corrected chi connectivity index (χ0v) is 19.6. The van der Waals surface area contributed by atoms with Gasteiger partial charge in [-0.2, -0.15) is 0 Å². The molecule has 0 bridgehead atoms. The Bertz CT molecular complexity index is 1340. The fourth-order valence-electron chi connectivity index (χ4n) is 3.42. The van der Waals surface area contributed by atoms with Crippen molar-refractivity contribution in [3.05, 3.63) is 63.9 Å². The number of nitrogens with zero attached hydrogens (tertiary/aromatic N) is 4. The fourth-order valence-corrected chi connectivity index (χ4v) is 3.61. The number of rotatable bonds is 9. The van der Waals surface area contributed by atoms with Gasteiger partial charge in [0.15, 0.2) is 0 Å². The number of methoxy groups -OCH3 is 1. The number of nitrogens with one attached hydrogen (secondary N) is 2. The van der Waals surface area contributed by atoms with E-state index < -0.39 is 4.92 Å². The number of nitro groups is 1. The number of ether oxygens (including phenoxy) is 2. The summed E-state index contributed by atoms with van der Waals surface area (Å²) in [6.07, 6.45) is 3.31. The molecule has 2 heterocycles. The van der Waals surface area contributed by atoms with Gasteiger partial charge in [0.05, 0.1) is 34.6 Å². The third-order valence-electron chi connectivity index (χ3n) is 5.11. The summed E-state index contributed by atoms with van der Waals surface area (Å²) in [5.41, 5.74) is 2.40. The number of benzene rings is 2. The minimum Gasteiger partial charge on any atom is -0.494 e. The first-order valence-electron chi connectivity index (χ1n) is 10.4. The molecule has 4 rings (SSSR count). The van der Waals surface area contributed by atoms with Crippen LogP contribution in [0.4, 0.5) is 17.3 Å². The molecule has 0 radical (unpaired) electrons. The van der Waals surface area contributed by atoms with Gasteiger partial charge in [0.1, 0.15) is 12.4 Å². The first-order valence-corrected chi connectivity index (χ1v) is 10.7. The first-order chi connectivity index (χ1) is 16.4. The van der Waals surface area contributed by atoms with Gasteiger partial charge in [-0.1, -0.05) is 29.8 Å². The molecule has 0 aliphatic carbocycles. The highest BCUT2D eigenvalue weighted by atomic mass is 35.5. The Morgan fingerprint density at radius 2 is 2.03 bits per heavy atom. The first kappa shape index (κ1) is 23.3. The summed E-state index contributed by atoms with van der Waals surface area (Å²) in [6, 6.07) is 10.6.